The average molecular weight is 1160 g/mol. The van der Waals surface area contributed by atoms with Crippen molar-refractivity contribution in [3.05, 3.63) is 325 Å². The van der Waals surface area contributed by atoms with E-state index in [1.165, 1.54) is 43.2 Å². The largest absolute Gasteiger partial charge is 0.465 e. The number of esters is 6. The molecule has 0 amide bonds. The number of rotatable bonds is 10. The summed E-state index contributed by atoms with van der Waals surface area (Å²) in [6.45, 7) is 0. The van der Waals surface area contributed by atoms with E-state index in [0.717, 1.165) is 43.1 Å². The molecule has 0 aliphatic carbocycles. The van der Waals surface area contributed by atoms with Gasteiger partial charge in [0, 0.05) is 21.5 Å². The number of fused-ring (bicyclic) bond motifs is 5. The van der Waals surface area contributed by atoms with Crippen molar-refractivity contribution in [3.63, 3.8) is 0 Å². The van der Waals surface area contributed by atoms with Gasteiger partial charge >= 0.3 is 35.8 Å². The highest BCUT2D eigenvalue weighted by Crippen LogP contribution is 2.30. The highest BCUT2D eigenvalue weighted by Gasteiger charge is 2.18. The van der Waals surface area contributed by atoms with Gasteiger partial charge in [0.05, 0.1) is 47.6 Å². The number of methoxy groups -OCH3 is 2. The van der Waals surface area contributed by atoms with Crippen molar-refractivity contribution in [1.82, 2.24) is 0 Å². The average Bonchev–Trinajstić information content (AvgIpc) is 2.95. The molecule has 0 saturated carbocycles. The van der Waals surface area contributed by atoms with E-state index in [2.05, 4.69) is 58.0 Å². The first-order chi connectivity index (χ1) is 43.0. The highest BCUT2D eigenvalue weighted by molar-refractivity contribution is 6.02. The van der Waals surface area contributed by atoms with Crippen molar-refractivity contribution in [3.8, 4) is 23.0 Å². The zero-order valence-electron chi connectivity index (χ0n) is 47.6. The lowest BCUT2D eigenvalue weighted by atomic mass is 10.1. The van der Waals surface area contributed by atoms with E-state index < -0.39 is 35.8 Å². The molecule has 0 aliphatic heterocycles. The van der Waals surface area contributed by atoms with E-state index in [1.54, 1.807) is 78.9 Å². The standard InChI is InChI=1S/C28H18O4.2C19H14O4.C10H8/c29-27(31-25-16-6-10-19-8-1-3-14-23(19)25)21-12-5-13-22(18-21)28(30)32-26-17-7-11-20-9-2-4-15-24(20)26;2*1-22-18(20)14-8-4-9-15(12-14)19(21)23-17-11-5-7-13-6-2-3-10-16(13)17;1-2-6-10-8-4-3-7-9(10)5-1/h1-18H;2*2-12H,1H3;1-8H. The molecule has 12 nitrogen and oxygen atoms in total. The summed E-state index contributed by atoms with van der Waals surface area (Å²) in [5.74, 6) is -1.21. The maximum absolute atomic E-state index is 12.8. The lowest BCUT2D eigenvalue weighted by Gasteiger charge is -2.10. The molecule has 0 unspecified atom stereocenters. The third-order valence-electron chi connectivity index (χ3n) is 13.8. The Balaban J connectivity index is 0.000000137. The molecule has 0 radical (unpaired) electrons. The molecule has 12 heteroatoms. The van der Waals surface area contributed by atoms with Crippen molar-refractivity contribution in [2.45, 2.75) is 0 Å². The maximum atomic E-state index is 12.8. The normalized spacial score (nSPS) is 10.4. The van der Waals surface area contributed by atoms with Crippen molar-refractivity contribution >= 4 is 89.7 Å². The predicted molar refractivity (Wildman–Crippen MR) is 342 cm³/mol. The van der Waals surface area contributed by atoms with Crippen LogP contribution in [0.15, 0.2) is 291 Å². The molecule has 0 N–H and O–H groups in total. The van der Waals surface area contributed by atoms with Gasteiger partial charge in [-0.1, -0.05) is 212 Å². The van der Waals surface area contributed by atoms with Gasteiger partial charge in [0.1, 0.15) is 23.0 Å². The van der Waals surface area contributed by atoms with Gasteiger partial charge in [0.15, 0.2) is 0 Å². The molecule has 88 heavy (non-hydrogen) atoms. The number of carbonyl (C=O) groups is 6. The Bertz CT molecular complexity index is 4360. The van der Waals surface area contributed by atoms with Crippen LogP contribution in [0.2, 0.25) is 0 Å². The number of benzene rings is 13. The molecule has 0 aliphatic rings. The molecule has 13 aromatic carbocycles. The summed E-state index contributed by atoms with van der Waals surface area (Å²) in [7, 11) is 2.59. The Labute approximate surface area is 506 Å². The second-order valence-corrected chi connectivity index (χ2v) is 19.5. The van der Waals surface area contributed by atoms with Gasteiger partial charge in [-0.3, -0.25) is 0 Å². The van der Waals surface area contributed by atoms with Crippen LogP contribution in [-0.2, 0) is 9.47 Å². The molecular weight excluding hydrogens is 1100 g/mol. The van der Waals surface area contributed by atoms with E-state index in [0.29, 0.717) is 45.3 Å². The zero-order chi connectivity index (χ0) is 61.2. The van der Waals surface area contributed by atoms with Gasteiger partial charge < -0.3 is 28.4 Å². The first-order valence-corrected chi connectivity index (χ1v) is 27.7. The zero-order valence-corrected chi connectivity index (χ0v) is 47.6. The summed E-state index contributed by atoms with van der Waals surface area (Å²) in [6, 6.07) is 88.3. The van der Waals surface area contributed by atoms with Gasteiger partial charge in [-0.2, -0.15) is 0 Å². The minimum atomic E-state index is -0.541. The first-order valence-electron chi connectivity index (χ1n) is 27.7. The lowest BCUT2D eigenvalue weighted by Crippen LogP contribution is -2.12. The Morgan fingerprint density at radius 1 is 0.205 bits per heavy atom. The van der Waals surface area contributed by atoms with Gasteiger partial charge in [0.25, 0.3) is 0 Å². The third kappa shape index (κ3) is 14.7. The topological polar surface area (TPSA) is 158 Å². The second kappa shape index (κ2) is 28.5. The fourth-order valence-electron chi connectivity index (χ4n) is 9.46. The minimum Gasteiger partial charge on any atom is -0.465 e. The van der Waals surface area contributed by atoms with Crippen LogP contribution in [0, 0.1) is 0 Å². The SMILES string of the molecule is COC(=O)c1cccc(C(=O)Oc2cccc3ccccc23)c1.COC(=O)c1cccc(C(=O)Oc2cccc3ccccc23)c1.O=C(Oc1cccc2ccccc12)c1cccc(C(=O)Oc2cccc3ccccc23)c1.c1ccc2ccccc2c1. The smallest absolute Gasteiger partial charge is 0.343 e. The van der Waals surface area contributed by atoms with E-state index in [4.69, 9.17) is 18.9 Å². The third-order valence-corrected chi connectivity index (χ3v) is 13.8. The molecule has 13 rings (SSSR count). The van der Waals surface area contributed by atoms with Crippen LogP contribution < -0.4 is 18.9 Å². The quantitative estimate of drug-likeness (QED) is 0.0944. The molecule has 0 fully saturated rings. The Morgan fingerprint density at radius 2 is 0.386 bits per heavy atom. The second-order valence-electron chi connectivity index (χ2n) is 19.5. The van der Waals surface area contributed by atoms with Crippen LogP contribution in [0.5, 0.6) is 23.0 Å². The Hall–Kier alpha value is -12.0. The summed E-state index contributed by atoms with van der Waals surface area (Å²) in [6.07, 6.45) is 0. The lowest BCUT2D eigenvalue weighted by molar-refractivity contribution is 0.0591. The fourth-order valence-corrected chi connectivity index (χ4v) is 9.46. The predicted octanol–water partition coefficient (Wildman–Crippen LogP) is 17.0. The van der Waals surface area contributed by atoms with E-state index >= 15 is 0 Å². The molecule has 0 heterocycles. The van der Waals surface area contributed by atoms with Crippen molar-refractivity contribution in [1.29, 1.82) is 0 Å². The molecule has 0 bridgehead atoms. The molecule has 0 spiro atoms. The first kappa shape index (κ1) is 59.2. The summed E-state index contributed by atoms with van der Waals surface area (Å²) in [5, 5.41) is 9.94. The van der Waals surface area contributed by atoms with Crippen LogP contribution in [0.25, 0.3) is 53.9 Å². The van der Waals surface area contributed by atoms with Crippen LogP contribution in [0.3, 0.4) is 0 Å². The Kier molecular flexibility index (Phi) is 19.2. The van der Waals surface area contributed by atoms with Crippen molar-refractivity contribution in [2.24, 2.45) is 0 Å². The number of ether oxygens (including phenoxy) is 6. The highest BCUT2D eigenvalue weighted by atomic mass is 16.6. The Morgan fingerprint density at radius 3 is 0.614 bits per heavy atom. The van der Waals surface area contributed by atoms with Gasteiger partial charge in [-0.05, 0) is 111 Å². The van der Waals surface area contributed by atoms with Gasteiger partial charge in [-0.25, -0.2) is 28.8 Å². The number of carbonyl (C=O) groups excluding carboxylic acids is 6. The van der Waals surface area contributed by atoms with Crippen molar-refractivity contribution < 1.29 is 57.2 Å². The fraction of sp³-hybridized carbons (Fsp3) is 0.0263. The number of hydrogen-bond acceptors (Lipinski definition) is 12. The number of hydrogen-bond donors (Lipinski definition) is 0. The molecule has 0 atom stereocenters. The van der Waals surface area contributed by atoms with Crippen LogP contribution >= 0.6 is 0 Å². The summed E-state index contributed by atoms with van der Waals surface area (Å²) >= 11 is 0. The van der Waals surface area contributed by atoms with Gasteiger partial charge in [0.2, 0.25) is 0 Å². The molecule has 13 aromatic rings. The van der Waals surface area contributed by atoms with E-state index in [1.807, 2.05) is 146 Å². The van der Waals surface area contributed by atoms with Crippen LogP contribution in [0.4, 0.5) is 0 Å². The van der Waals surface area contributed by atoms with Gasteiger partial charge in [-0.15, -0.1) is 0 Å². The summed E-state index contributed by atoms with van der Waals surface area (Å²) in [5.41, 5.74) is 1.73. The van der Waals surface area contributed by atoms with Crippen molar-refractivity contribution in [2.75, 3.05) is 14.2 Å². The van der Waals surface area contributed by atoms with E-state index in [-0.39, 0.29) is 11.1 Å². The minimum absolute atomic E-state index is 0.269. The van der Waals surface area contributed by atoms with E-state index in [9.17, 15) is 28.8 Å². The molecule has 0 aromatic heterocycles. The van der Waals surface area contributed by atoms with Crippen LogP contribution in [0.1, 0.15) is 62.1 Å². The summed E-state index contributed by atoms with van der Waals surface area (Å²) in [4.78, 5) is 73.4. The summed E-state index contributed by atoms with van der Waals surface area (Å²) < 4.78 is 31.6. The molecule has 0 saturated heterocycles. The molecule has 430 valence electrons. The van der Waals surface area contributed by atoms with Crippen LogP contribution in [-0.4, -0.2) is 50.0 Å². The molecular formula is C76H54O12. The monoisotopic (exact) mass is 1160 g/mol. The maximum Gasteiger partial charge on any atom is 0.343 e.